The minimum absolute atomic E-state index is 0.0678. The van der Waals surface area contributed by atoms with Crippen molar-refractivity contribution in [2.45, 2.75) is 31.8 Å². The molecule has 5 nitrogen and oxygen atoms in total. The van der Waals surface area contributed by atoms with Gasteiger partial charge in [0, 0.05) is 16.3 Å². The van der Waals surface area contributed by atoms with Crippen LogP contribution in [0, 0.1) is 6.92 Å². The fourth-order valence-electron chi connectivity index (χ4n) is 3.57. The maximum absolute atomic E-state index is 11.7. The second-order valence-electron chi connectivity index (χ2n) is 6.20. The molecule has 1 aromatic carbocycles. The number of aliphatic carboxylic acids is 1. The lowest BCUT2D eigenvalue weighted by Crippen LogP contribution is -2.39. The molecule has 24 heavy (non-hydrogen) atoms. The Hall–Kier alpha value is -2.05. The quantitative estimate of drug-likeness (QED) is 0.920. The predicted octanol–water partition coefficient (Wildman–Crippen LogP) is 3.42. The van der Waals surface area contributed by atoms with Crippen LogP contribution in [0.25, 0.3) is 0 Å². The summed E-state index contributed by atoms with van der Waals surface area (Å²) in [5.74, 6) is 0.736. The van der Waals surface area contributed by atoms with Gasteiger partial charge in [0.1, 0.15) is 6.04 Å². The number of carboxylic acids is 1. The van der Waals surface area contributed by atoms with Crippen LogP contribution in [0.5, 0.6) is 11.5 Å². The molecule has 2 aromatic rings. The Morgan fingerprint density at radius 2 is 2.12 bits per heavy atom. The van der Waals surface area contributed by atoms with Crippen molar-refractivity contribution in [1.82, 2.24) is 4.90 Å². The lowest BCUT2D eigenvalue weighted by Gasteiger charge is -2.31. The normalized spacial score (nSPS) is 21.1. The largest absolute Gasteiger partial charge is 0.480 e. The van der Waals surface area contributed by atoms with Gasteiger partial charge in [0.25, 0.3) is 0 Å². The predicted molar refractivity (Wildman–Crippen MR) is 90.8 cm³/mol. The van der Waals surface area contributed by atoms with Gasteiger partial charge in [0.15, 0.2) is 11.5 Å². The monoisotopic (exact) mass is 345 g/mol. The summed E-state index contributed by atoms with van der Waals surface area (Å²) < 4.78 is 10.9. The molecule has 4 rings (SSSR count). The van der Waals surface area contributed by atoms with Crippen molar-refractivity contribution in [2.75, 3.05) is 13.3 Å². The van der Waals surface area contributed by atoms with Crippen LogP contribution in [-0.4, -0.2) is 35.4 Å². The molecule has 126 valence electrons. The van der Waals surface area contributed by atoms with Crippen LogP contribution in [0.3, 0.4) is 0 Å². The van der Waals surface area contributed by atoms with Crippen molar-refractivity contribution >= 4 is 17.3 Å². The van der Waals surface area contributed by atoms with Gasteiger partial charge >= 0.3 is 5.97 Å². The fraction of sp³-hybridized carbons (Fsp3) is 0.389. The number of ether oxygens (including phenoxy) is 2. The van der Waals surface area contributed by atoms with E-state index in [0.29, 0.717) is 6.42 Å². The summed E-state index contributed by atoms with van der Waals surface area (Å²) in [4.78, 5) is 16.2. The Labute approximate surface area is 144 Å². The number of rotatable bonds is 4. The minimum Gasteiger partial charge on any atom is -0.480 e. The second kappa shape index (κ2) is 6.11. The lowest BCUT2D eigenvalue weighted by molar-refractivity contribution is -0.142. The summed E-state index contributed by atoms with van der Waals surface area (Å²) in [5, 5.41) is 9.60. The Balaban J connectivity index is 1.77. The molecule has 1 N–H and O–H groups in total. The van der Waals surface area contributed by atoms with Crippen molar-refractivity contribution in [3.63, 3.8) is 0 Å². The molecule has 1 aromatic heterocycles. The molecule has 1 fully saturated rings. The van der Waals surface area contributed by atoms with Crippen molar-refractivity contribution in [1.29, 1.82) is 0 Å². The van der Waals surface area contributed by atoms with E-state index in [1.54, 1.807) is 11.3 Å². The first-order valence-electron chi connectivity index (χ1n) is 8.08. The van der Waals surface area contributed by atoms with Gasteiger partial charge in [0.05, 0.1) is 6.04 Å². The van der Waals surface area contributed by atoms with E-state index < -0.39 is 12.0 Å². The Bertz CT molecular complexity index is 772. The summed E-state index contributed by atoms with van der Waals surface area (Å²) in [6, 6.07) is 9.60. The van der Waals surface area contributed by atoms with Crippen molar-refractivity contribution in [3.05, 3.63) is 45.6 Å². The van der Waals surface area contributed by atoms with E-state index in [-0.39, 0.29) is 12.8 Å². The average molecular weight is 345 g/mol. The zero-order valence-electron chi connectivity index (χ0n) is 13.4. The van der Waals surface area contributed by atoms with E-state index in [1.807, 2.05) is 18.2 Å². The number of fused-ring (bicyclic) bond motifs is 1. The molecule has 0 saturated carbocycles. The third-order valence-electron chi connectivity index (χ3n) is 4.65. The van der Waals surface area contributed by atoms with Gasteiger partial charge in [-0.25, -0.2) is 0 Å². The van der Waals surface area contributed by atoms with Gasteiger partial charge in [0.2, 0.25) is 6.79 Å². The number of aryl methyl sites for hydroxylation is 1. The average Bonchev–Trinajstić information content (AvgIpc) is 3.28. The van der Waals surface area contributed by atoms with E-state index in [9.17, 15) is 9.90 Å². The summed E-state index contributed by atoms with van der Waals surface area (Å²) in [5.41, 5.74) is 1.05. The topological polar surface area (TPSA) is 59.0 Å². The number of hydrogen-bond donors (Lipinski definition) is 1. The SMILES string of the molecule is Cc1ccc(C(c2ccc3c(c2)OCO3)N2CCCC2C(=O)O)s1. The number of likely N-dealkylation sites (tertiary alicyclic amines) is 1. The molecule has 0 amide bonds. The maximum atomic E-state index is 11.7. The fourth-order valence-corrected chi connectivity index (χ4v) is 4.59. The van der Waals surface area contributed by atoms with Crippen LogP contribution in [0.1, 0.15) is 34.2 Å². The van der Waals surface area contributed by atoms with Crippen molar-refractivity contribution < 1.29 is 19.4 Å². The zero-order chi connectivity index (χ0) is 16.7. The molecule has 2 aliphatic heterocycles. The number of thiophene rings is 1. The van der Waals surface area contributed by atoms with Crippen LogP contribution in [0.2, 0.25) is 0 Å². The zero-order valence-corrected chi connectivity index (χ0v) is 14.2. The van der Waals surface area contributed by atoms with Crippen LogP contribution < -0.4 is 9.47 Å². The molecule has 0 bridgehead atoms. The van der Waals surface area contributed by atoms with Crippen LogP contribution >= 0.6 is 11.3 Å². The standard InChI is InChI=1S/C18H19NO4S/c1-11-4-7-16(24-11)17(19-8-2-3-13(19)18(20)21)12-5-6-14-15(9-12)23-10-22-14/h4-7,9,13,17H,2-3,8,10H2,1H3,(H,20,21). The molecule has 3 heterocycles. The molecule has 2 aliphatic rings. The van der Waals surface area contributed by atoms with Gasteiger partial charge in [-0.1, -0.05) is 6.07 Å². The van der Waals surface area contributed by atoms with Crippen LogP contribution in [0.15, 0.2) is 30.3 Å². The van der Waals surface area contributed by atoms with E-state index >= 15 is 0 Å². The highest BCUT2D eigenvalue weighted by Gasteiger charge is 2.37. The molecule has 6 heteroatoms. The summed E-state index contributed by atoms with van der Waals surface area (Å²) in [6.45, 7) is 3.10. The number of benzene rings is 1. The van der Waals surface area contributed by atoms with Gasteiger partial charge in [-0.05, 0) is 49.6 Å². The Morgan fingerprint density at radius 3 is 2.88 bits per heavy atom. The van der Waals surface area contributed by atoms with E-state index in [1.165, 1.54) is 9.75 Å². The molecule has 0 radical (unpaired) electrons. The van der Waals surface area contributed by atoms with E-state index in [4.69, 9.17) is 9.47 Å². The molecular weight excluding hydrogens is 326 g/mol. The first-order chi connectivity index (χ1) is 11.6. The highest BCUT2D eigenvalue weighted by molar-refractivity contribution is 7.12. The summed E-state index contributed by atoms with van der Waals surface area (Å²) >= 11 is 1.72. The molecule has 0 aliphatic carbocycles. The van der Waals surface area contributed by atoms with Crippen molar-refractivity contribution in [3.8, 4) is 11.5 Å². The molecule has 2 atom stereocenters. The maximum Gasteiger partial charge on any atom is 0.320 e. The van der Waals surface area contributed by atoms with E-state index in [2.05, 4.69) is 24.0 Å². The Kier molecular flexibility index (Phi) is 3.94. The first-order valence-corrected chi connectivity index (χ1v) is 8.89. The molecule has 2 unspecified atom stereocenters. The summed E-state index contributed by atoms with van der Waals surface area (Å²) in [7, 11) is 0. The summed E-state index contributed by atoms with van der Waals surface area (Å²) in [6.07, 6.45) is 1.60. The van der Waals surface area contributed by atoms with Crippen LogP contribution in [0.4, 0.5) is 0 Å². The van der Waals surface area contributed by atoms with Crippen molar-refractivity contribution in [2.24, 2.45) is 0 Å². The van der Waals surface area contributed by atoms with Gasteiger partial charge in [-0.3, -0.25) is 9.69 Å². The highest BCUT2D eigenvalue weighted by atomic mass is 32.1. The number of nitrogens with zero attached hydrogens (tertiary/aromatic N) is 1. The number of hydrogen-bond acceptors (Lipinski definition) is 5. The second-order valence-corrected chi connectivity index (χ2v) is 7.52. The lowest BCUT2D eigenvalue weighted by atomic mass is 10.0. The van der Waals surface area contributed by atoms with Gasteiger partial charge in [-0.15, -0.1) is 11.3 Å². The molecule has 1 saturated heterocycles. The third-order valence-corrected chi connectivity index (χ3v) is 5.71. The van der Waals surface area contributed by atoms with Crippen LogP contribution in [-0.2, 0) is 4.79 Å². The Morgan fingerprint density at radius 1 is 1.29 bits per heavy atom. The van der Waals surface area contributed by atoms with Gasteiger partial charge < -0.3 is 14.6 Å². The number of carboxylic acid groups (broad SMARTS) is 1. The minimum atomic E-state index is -0.744. The smallest absolute Gasteiger partial charge is 0.320 e. The molecule has 0 spiro atoms. The van der Waals surface area contributed by atoms with E-state index in [0.717, 1.165) is 30.0 Å². The highest BCUT2D eigenvalue weighted by Crippen LogP contribution is 2.41. The first kappa shape index (κ1) is 15.5. The van der Waals surface area contributed by atoms with Gasteiger partial charge in [-0.2, -0.15) is 0 Å². The number of carbonyl (C=O) groups is 1. The third kappa shape index (κ3) is 2.65. The molecular formula is C18H19NO4S.